The van der Waals surface area contributed by atoms with E-state index in [4.69, 9.17) is 5.11 Å². The van der Waals surface area contributed by atoms with Crippen LogP contribution in [0.15, 0.2) is 24.3 Å². The lowest BCUT2D eigenvalue weighted by molar-refractivity contribution is 0.0697. The molecule has 2 rings (SSSR count). The minimum absolute atomic E-state index is 0. The molecule has 4 heteroatoms. The number of nitrogens with zero attached hydrogens (tertiary/aromatic N) is 2. The molecule has 0 radical (unpaired) electrons. The van der Waals surface area contributed by atoms with Gasteiger partial charge in [0, 0.05) is 32.7 Å². The second-order valence-electron chi connectivity index (χ2n) is 4.58. The highest BCUT2D eigenvalue weighted by Gasteiger charge is 2.13. The molecule has 1 aromatic rings. The van der Waals surface area contributed by atoms with Gasteiger partial charge in [-0.1, -0.05) is 19.6 Å². The molecule has 0 aliphatic carbocycles. The Morgan fingerprint density at radius 2 is 1.72 bits per heavy atom. The van der Waals surface area contributed by atoms with Crippen LogP contribution in [0.5, 0.6) is 0 Å². The molecule has 1 aliphatic rings. The second kappa shape index (κ2) is 6.52. The average Bonchev–Trinajstić information content (AvgIpc) is 2.33. The van der Waals surface area contributed by atoms with Crippen LogP contribution in [0.3, 0.4) is 0 Å². The summed E-state index contributed by atoms with van der Waals surface area (Å²) < 4.78 is 0. The molecule has 1 saturated heterocycles. The van der Waals surface area contributed by atoms with E-state index in [0.29, 0.717) is 5.56 Å². The van der Waals surface area contributed by atoms with E-state index in [0.717, 1.165) is 32.7 Å². The fraction of sp³-hybridized carbons (Fsp3) is 0.500. The summed E-state index contributed by atoms with van der Waals surface area (Å²) in [6.45, 7) is 5.28. The fourth-order valence-electron chi connectivity index (χ4n) is 2.02. The first kappa shape index (κ1) is 14.7. The molecular formula is C14H22N2O2. The van der Waals surface area contributed by atoms with Crippen LogP contribution in [0.4, 0.5) is 0 Å². The van der Waals surface area contributed by atoms with Gasteiger partial charge in [0.15, 0.2) is 0 Å². The zero-order valence-corrected chi connectivity index (χ0v) is 10.1. The molecule has 0 unspecified atom stereocenters. The topological polar surface area (TPSA) is 43.8 Å². The minimum Gasteiger partial charge on any atom is -0.478 e. The van der Waals surface area contributed by atoms with Crippen molar-refractivity contribution in [3.05, 3.63) is 35.4 Å². The van der Waals surface area contributed by atoms with Gasteiger partial charge in [0.2, 0.25) is 0 Å². The summed E-state index contributed by atoms with van der Waals surface area (Å²) in [6.07, 6.45) is 0. The van der Waals surface area contributed by atoms with Gasteiger partial charge in [-0.2, -0.15) is 0 Å². The van der Waals surface area contributed by atoms with Gasteiger partial charge >= 0.3 is 5.97 Å². The third-order valence-corrected chi connectivity index (χ3v) is 3.20. The first-order valence-electron chi connectivity index (χ1n) is 5.88. The average molecular weight is 250 g/mol. The predicted octanol–water partition coefficient (Wildman–Crippen LogP) is 1.77. The summed E-state index contributed by atoms with van der Waals surface area (Å²) in [4.78, 5) is 15.4. The summed E-state index contributed by atoms with van der Waals surface area (Å²) >= 11 is 0. The highest BCUT2D eigenvalue weighted by molar-refractivity contribution is 5.87. The molecule has 1 N–H and O–H groups in total. The SMILES string of the molecule is C.CN1CCN(Cc2ccc(C(=O)O)cc2)CC1. The third-order valence-electron chi connectivity index (χ3n) is 3.20. The maximum absolute atomic E-state index is 10.7. The molecule has 1 fully saturated rings. The van der Waals surface area contributed by atoms with Crippen molar-refractivity contribution >= 4 is 5.97 Å². The Morgan fingerprint density at radius 3 is 2.22 bits per heavy atom. The van der Waals surface area contributed by atoms with Crippen LogP contribution in [0.2, 0.25) is 0 Å². The van der Waals surface area contributed by atoms with Gasteiger partial charge in [-0.25, -0.2) is 4.79 Å². The van der Waals surface area contributed by atoms with Crippen LogP contribution >= 0.6 is 0 Å². The molecule has 0 amide bonds. The van der Waals surface area contributed by atoms with Crippen LogP contribution in [0.25, 0.3) is 0 Å². The molecule has 0 saturated carbocycles. The number of aromatic carboxylic acids is 1. The zero-order valence-electron chi connectivity index (χ0n) is 10.1. The molecule has 1 heterocycles. The van der Waals surface area contributed by atoms with Crippen molar-refractivity contribution in [3.63, 3.8) is 0 Å². The Kier molecular flexibility index (Phi) is 5.31. The number of carbonyl (C=O) groups is 1. The van der Waals surface area contributed by atoms with Crippen LogP contribution in [0.1, 0.15) is 23.3 Å². The van der Waals surface area contributed by atoms with E-state index in [1.165, 1.54) is 5.56 Å². The van der Waals surface area contributed by atoms with E-state index in [2.05, 4.69) is 16.8 Å². The molecule has 1 aromatic carbocycles. The quantitative estimate of drug-likeness (QED) is 0.888. The van der Waals surface area contributed by atoms with E-state index in [1.807, 2.05) is 12.1 Å². The van der Waals surface area contributed by atoms with E-state index in [9.17, 15) is 4.79 Å². The van der Waals surface area contributed by atoms with Gasteiger partial charge in [0.05, 0.1) is 5.56 Å². The molecule has 18 heavy (non-hydrogen) atoms. The Morgan fingerprint density at radius 1 is 1.17 bits per heavy atom. The monoisotopic (exact) mass is 250 g/mol. The molecule has 0 aromatic heterocycles. The van der Waals surface area contributed by atoms with Crippen molar-refractivity contribution in [2.24, 2.45) is 0 Å². The van der Waals surface area contributed by atoms with Crippen LogP contribution in [-0.2, 0) is 6.54 Å². The Labute approximate surface area is 109 Å². The maximum atomic E-state index is 10.7. The van der Waals surface area contributed by atoms with Crippen molar-refractivity contribution in [3.8, 4) is 0 Å². The van der Waals surface area contributed by atoms with Crippen LogP contribution < -0.4 is 0 Å². The third kappa shape index (κ3) is 3.82. The van der Waals surface area contributed by atoms with Gasteiger partial charge in [-0.05, 0) is 24.7 Å². The van der Waals surface area contributed by atoms with E-state index >= 15 is 0 Å². The maximum Gasteiger partial charge on any atom is 0.335 e. The normalized spacial score (nSPS) is 17.2. The number of likely N-dealkylation sites (N-methyl/N-ethyl adjacent to an activating group) is 1. The van der Waals surface area contributed by atoms with E-state index in [-0.39, 0.29) is 7.43 Å². The largest absolute Gasteiger partial charge is 0.478 e. The fourth-order valence-corrected chi connectivity index (χ4v) is 2.02. The first-order valence-corrected chi connectivity index (χ1v) is 5.88. The van der Waals surface area contributed by atoms with Crippen molar-refractivity contribution in [2.75, 3.05) is 33.2 Å². The van der Waals surface area contributed by atoms with Gasteiger partial charge < -0.3 is 10.0 Å². The second-order valence-corrected chi connectivity index (χ2v) is 4.58. The molecule has 0 spiro atoms. The first-order chi connectivity index (χ1) is 8.15. The number of hydrogen-bond donors (Lipinski definition) is 1. The summed E-state index contributed by atoms with van der Waals surface area (Å²) in [5, 5.41) is 8.81. The van der Waals surface area contributed by atoms with E-state index in [1.54, 1.807) is 12.1 Å². The van der Waals surface area contributed by atoms with Gasteiger partial charge in [0.1, 0.15) is 0 Å². The summed E-state index contributed by atoms with van der Waals surface area (Å²) in [5.74, 6) is -0.865. The van der Waals surface area contributed by atoms with Crippen molar-refractivity contribution in [2.45, 2.75) is 14.0 Å². The van der Waals surface area contributed by atoms with Gasteiger partial charge in [-0.15, -0.1) is 0 Å². The number of carboxylic acid groups (broad SMARTS) is 1. The van der Waals surface area contributed by atoms with E-state index < -0.39 is 5.97 Å². The lowest BCUT2D eigenvalue weighted by atomic mass is 10.1. The highest BCUT2D eigenvalue weighted by atomic mass is 16.4. The van der Waals surface area contributed by atoms with Crippen LogP contribution in [-0.4, -0.2) is 54.1 Å². The van der Waals surface area contributed by atoms with Crippen molar-refractivity contribution < 1.29 is 9.90 Å². The van der Waals surface area contributed by atoms with Gasteiger partial charge in [0.25, 0.3) is 0 Å². The number of carboxylic acids is 1. The smallest absolute Gasteiger partial charge is 0.335 e. The molecule has 0 atom stereocenters. The summed E-state index contributed by atoms with van der Waals surface area (Å²) in [5.41, 5.74) is 1.53. The Hall–Kier alpha value is -1.39. The number of benzene rings is 1. The Bertz CT molecular complexity index is 381. The van der Waals surface area contributed by atoms with Crippen LogP contribution in [0, 0.1) is 0 Å². The lowest BCUT2D eigenvalue weighted by Gasteiger charge is -2.32. The standard InChI is InChI=1S/C13H18N2O2.CH4/c1-14-6-8-15(9-7-14)10-11-2-4-12(5-3-11)13(16)17;/h2-5H,6-10H2,1H3,(H,16,17);1H4. The van der Waals surface area contributed by atoms with Crippen molar-refractivity contribution in [1.82, 2.24) is 9.80 Å². The molecule has 4 nitrogen and oxygen atoms in total. The molecule has 0 bridgehead atoms. The number of piperazine rings is 1. The molecule has 1 aliphatic heterocycles. The minimum atomic E-state index is -0.865. The summed E-state index contributed by atoms with van der Waals surface area (Å²) in [7, 11) is 2.14. The predicted molar refractivity (Wildman–Crippen MR) is 72.9 cm³/mol. The lowest BCUT2D eigenvalue weighted by Crippen LogP contribution is -2.43. The Balaban J connectivity index is 0.00000162. The molecular weight excluding hydrogens is 228 g/mol. The number of rotatable bonds is 3. The number of hydrogen-bond acceptors (Lipinski definition) is 3. The van der Waals surface area contributed by atoms with Crippen molar-refractivity contribution in [1.29, 1.82) is 0 Å². The zero-order chi connectivity index (χ0) is 12.3. The molecule has 100 valence electrons. The highest BCUT2D eigenvalue weighted by Crippen LogP contribution is 2.09. The summed E-state index contributed by atoms with van der Waals surface area (Å²) in [6, 6.07) is 7.16. The van der Waals surface area contributed by atoms with Gasteiger partial charge in [-0.3, -0.25) is 4.90 Å².